The van der Waals surface area contributed by atoms with E-state index in [-0.39, 0.29) is 5.54 Å². The molecule has 0 aromatic heterocycles. The van der Waals surface area contributed by atoms with Gasteiger partial charge in [-0.05, 0) is 32.9 Å². The Hall–Kier alpha value is -1.53. The van der Waals surface area contributed by atoms with Gasteiger partial charge in [0.25, 0.3) is 0 Å². The molecule has 1 N–H and O–H groups in total. The van der Waals surface area contributed by atoms with Crippen LogP contribution in [0.25, 0.3) is 0 Å². The standard InChI is InChI=1S/C15H22N2O/c1-12(10-17-15(2,3)4)11-18-14-8-6-5-7-13(14)9-16/h5-8,12,17H,10-11H2,1-4H3. The zero-order valence-electron chi connectivity index (χ0n) is 11.7. The molecule has 0 saturated heterocycles. The molecule has 0 spiro atoms. The molecule has 1 unspecified atom stereocenters. The van der Waals surface area contributed by atoms with Gasteiger partial charge in [-0.1, -0.05) is 19.1 Å². The quantitative estimate of drug-likeness (QED) is 0.868. The van der Waals surface area contributed by atoms with Crippen molar-refractivity contribution in [3.05, 3.63) is 29.8 Å². The number of hydrogen-bond acceptors (Lipinski definition) is 3. The molecule has 0 amide bonds. The van der Waals surface area contributed by atoms with Gasteiger partial charge in [-0.25, -0.2) is 0 Å². The lowest BCUT2D eigenvalue weighted by atomic mass is 10.1. The number of benzene rings is 1. The summed E-state index contributed by atoms with van der Waals surface area (Å²) in [6.07, 6.45) is 0. The lowest BCUT2D eigenvalue weighted by molar-refractivity contribution is 0.243. The Morgan fingerprint density at radius 3 is 2.61 bits per heavy atom. The fourth-order valence-electron chi connectivity index (χ4n) is 1.46. The molecule has 0 heterocycles. The first-order chi connectivity index (χ1) is 8.42. The number of nitrogens with zero attached hydrogens (tertiary/aromatic N) is 1. The van der Waals surface area contributed by atoms with E-state index in [1.807, 2.05) is 18.2 Å². The molecule has 3 heteroatoms. The molecular weight excluding hydrogens is 224 g/mol. The topological polar surface area (TPSA) is 45.0 Å². The molecule has 98 valence electrons. The van der Waals surface area contributed by atoms with Gasteiger partial charge in [-0.2, -0.15) is 5.26 Å². The summed E-state index contributed by atoms with van der Waals surface area (Å²) in [5.41, 5.74) is 0.715. The van der Waals surface area contributed by atoms with Crippen LogP contribution in [0, 0.1) is 17.2 Å². The molecule has 1 aromatic rings. The smallest absolute Gasteiger partial charge is 0.137 e. The SMILES string of the molecule is CC(CNC(C)(C)C)COc1ccccc1C#N. The highest BCUT2D eigenvalue weighted by molar-refractivity contribution is 5.42. The second-order valence-corrected chi connectivity index (χ2v) is 5.66. The predicted octanol–water partition coefficient (Wildman–Crippen LogP) is 2.96. The molecule has 18 heavy (non-hydrogen) atoms. The summed E-state index contributed by atoms with van der Waals surface area (Å²) in [7, 11) is 0. The van der Waals surface area contributed by atoms with Crippen LogP contribution in [-0.2, 0) is 0 Å². The number of hydrogen-bond donors (Lipinski definition) is 1. The van der Waals surface area contributed by atoms with Gasteiger partial charge in [-0.3, -0.25) is 0 Å². The average molecular weight is 246 g/mol. The van der Waals surface area contributed by atoms with E-state index in [0.717, 1.165) is 6.54 Å². The first kappa shape index (κ1) is 14.5. The molecule has 0 bridgehead atoms. The van der Waals surface area contributed by atoms with Crippen LogP contribution in [0.5, 0.6) is 5.75 Å². The Balaban J connectivity index is 2.43. The molecule has 1 aromatic carbocycles. The fourth-order valence-corrected chi connectivity index (χ4v) is 1.46. The monoisotopic (exact) mass is 246 g/mol. The number of ether oxygens (including phenoxy) is 1. The van der Waals surface area contributed by atoms with Crippen LogP contribution in [0.3, 0.4) is 0 Å². The van der Waals surface area contributed by atoms with E-state index in [0.29, 0.717) is 23.8 Å². The van der Waals surface area contributed by atoms with Crippen LogP contribution >= 0.6 is 0 Å². The van der Waals surface area contributed by atoms with E-state index in [1.165, 1.54) is 0 Å². The van der Waals surface area contributed by atoms with Crippen LogP contribution in [0.4, 0.5) is 0 Å². The van der Waals surface area contributed by atoms with Crippen LogP contribution < -0.4 is 10.1 Å². The van der Waals surface area contributed by atoms with Crippen molar-refractivity contribution in [2.75, 3.05) is 13.2 Å². The van der Waals surface area contributed by atoms with Gasteiger partial charge in [-0.15, -0.1) is 0 Å². The van der Waals surface area contributed by atoms with E-state index < -0.39 is 0 Å². The molecule has 1 atom stereocenters. The molecule has 0 aliphatic rings. The van der Waals surface area contributed by atoms with Gasteiger partial charge in [0.2, 0.25) is 0 Å². The Morgan fingerprint density at radius 2 is 2.00 bits per heavy atom. The van der Waals surface area contributed by atoms with E-state index >= 15 is 0 Å². The fraction of sp³-hybridized carbons (Fsp3) is 0.533. The summed E-state index contributed by atoms with van der Waals surface area (Å²) in [6.45, 7) is 10.1. The van der Waals surface area contributed by atoms with E-state index in [1.54, 1.807) is 6.07 Å². The molecule has 0 fully saturated rings. The summed E-state index contributed by atoms with van der Waals surface area (Å²) in [6, 6.07) is 9.47. The molecule has 0 saturated carbocycles. The summed E-state index contributed by atoms with van der Waals surface area (Å²) in [5.74, 6) is 1.07. The van der Waals surface area contributed by atoms with Gasteiger partial charge in [0, 0.05) is 18.0 Å². The summed E-state index contributed by atoms with van der Waals surface area (Å²) < 4.78 is 5.69. The van der Waals surface area contributed by atoms with Crippen molar-refractivity contribution < 1.29 is 4.74 Å². The number of nitriles is 1. The van der Waals surface area contributed by atoms with Gasteiger partial charge in [0.15, 0.2) is 0 Å². The van der Waals surface area contributed by atoms with Crippen molar-refractivity contribution in [3.8, 4) is 11.8 Å². The maximum Gasteiger partial charge on any atom is 0.137 e. The first-order valence-electron chi connectivity index (χ1n) is 6.29. The maximum absolute atomic E-state index is 8.95. The van der Waals surface area contributed by atoms with Crippen molar-refractivity contribution in [2.45, 2.75) is 33.2 Å². The number of nitrogens with one attached hydrogen (secondary N) is 1. The van der Waals surface area contributed by atoms with Crippen molar-refractivity contribution in [1.82, 2.24) is 5.32 Å². The molecule has 1 rings (SSSR count). The predicted molar refractivity (Wildman–Crippen MR) is 73.6 cm³/mol. The van der Waals surface area contributed by atoms with E-state index in [4.69, 9.17) is 10.00 Å². The number of para-hydroxylation sites is 1. The third-order valence-corrected chi connectivity index (χ3v) is 2.51. The normalized spacial score (nSPS) is 12.8. The molecule has 0 aliphatic heterocycles. The third-order valence-electron chi connectivity index (χ3n) is 2.51. The lowest BCUT2D eigenvalue weighted by Crippen LogP contribution is -2.39. The minimum atomic E-state index is 0.124. The van der Waals surface area contributed by atoms with Crippen molar-refractivity contribution in [1.29, 1.82) is 5.26 Å². The van der Waals surface area contributed by atoms with Crippen LogP contribution in [0.2, 0.25) is 0 Å². The average Bonchev–Trinajstić information content (AvgIpc) is 2.33. The van der Waals surface area contributed by atoms with Crippen molar-refractivity contribution >= 4 is 0 Å². The van der Waals surface area contributed by atoms with Gasteiger partial charge >= 0.3 is 0 Å². The third kappa shape index (κ3) is 5.20. The van der Waals surface area contributed by atoms with Crippen molar-refractivity contribution in [3.63, 3.8) is 0 Å². The second kappa shape index (κ2) is 6.42. The number of rotatable bonds is 5. The largest absolute Gasteiger partial charge is 0.492 e. The zero-order chi connectivity index (χ0) is 13.6. The minimum absolute atomic E-state index is 0.124. The minimum Gasteiger partial charge on any atom is -0.492 e. The second-order valence-electron chi connectivity index (χ2n) is 5.66. The Bertz CT molecular complexity index is 415. The maximum atomic E-state index is 8.95. The Kier molecular flexibility index (Phi) is 5.18. The summed E-state index contributed by atoms with van der Waals surface area (Å²) >= 11 is 0. The lowest BCUT2D eigenvalue weighted by Gasteiger charge is -2.23. The van der Waals surface area contributed by atoms with Gasteiger partial charge in [0.05, 0.1) is 12.2 Å². The highest BCUT2D eigenvalue weighted by Gasteiger charge is 2.12. The van der Waals surface area contributed by atoms with Crippen molar-refractivity contribution in [2.24, 2.45) is 5.92 Å². The first-order valence-corrected chi connectivity index (χ1v) is 6.29. The highest BCUT2D eigenvalue weighted by Crippen LogP contribution is 2.17. The van der Waals surface area contributed by atoms with Crippen LogP contribution in [0.15, 0.2) is 24.3 Å². The molecule has 0 radical (unpaired) electrons. The zero-order valence-corrected chi connectivity index (χ0v) is 11.7. The van der Waals surface area contributed by atoms with Crippen LogP contribution in [-0.4, -0.2) is 18.7 Å². The molecule has 3 nitrogen and oxygen atoms in total. The summed E-state index contributed by atoms with van der Waals surface area (Å²) in [4.78, 5) is 0. The van der Waals surface area contributed by atoms with E-state index in [9.17, 15) is 0 Å². The Morgan fingerprint density at radius 1 is 1.33 bits per heavy atom. The van der Waals surface area contributed by atoms with Gasteiger partial charge in [0.1, 0.15) is 11.8 Å². The van der Waals surface area contributed by atoms with Gasteiger partial charge < -0.3 is 10.1 Å². The molecule has 0 aliphatic carbocycles. The Labute approximate surface area is 110 Å². The van der Waals surface area contributed by atoms with Crippen LogP contribution in [0.1, 0.15) is 33.3 Å². The highest BCUT2D eigenvalue weighted by atomic mass is 16.5. The summed E-state index contributed by atoms with van der Waals surface area (Å²) in [5, 5.41) is 12.4. The van der Waals surface area contributed by atoms with E-state index in [2.05, 4.69) is 39.1 Å². The molecular formula is C15H22N2O.